The van der Waals surface area contributed by atoms with Crippen LogP contribution in [0, 0.1) is 17.5 Å². The third kappa shape index (κ3) is 1.93. The maximum atomic E-state index is 13.3. The molecule has 1 aromatic heterocycles. The van der Waals surface area contributed by atoms with E-state index in [4.69, 9.17) is 0 Å². The molecule has 0 saturated carbocycles. The van der Waals surface area contributed by atoms with Crippen LogP contribution in [0.15, 0.2) is 36.3 Å². The maximum absolute atomic E-state index is 13.3. The second kappa shape index (κ2) is 3.89. The molecule has 0 unspecified atom stereocenters. The fourth-order valence-corrected chi connectivity index (χ4v) is 1.42. The van der Waals surface area contributed by atoms with Gasteiger partial charge in [-0.15, -0.1) is 0 Å². The SMILES string of the molecule is Fc1cc(F)c(-c2bcccc2)c(F)c1. The summed E-state index contributed by atoms with van der Waals surface area (Å²) in [5.41, 5.74) is 0.199. The van der Waals surface area contributed by atoms with Crippen molar-refractivity contribution >= 4 is 6.91 Å². The quantitative estimate of drug-likeness (QED) is 0.672. The van der Waals surface area contributed by atoms with E-state index in [1.165, 1.54) is 0 Å². The standard InChI is InChI=1S/C11H6BF3/c13-7-5-9(14)11(10(15)6-7)8-3-1-2-4-12-8/h1-6H. The van der Waals surface area contributed by atoms with Crippen LogP contribution in [-0.2, 0) is 0 Å². The van der Waals surface area contributed by atoms with Gasteiger partial charge in [0.1, 0.15) is 0 Å². The van der Waals surface area contributed by atoms with Crippen molar-refractivity contribution in [2.45, 2.75) is 0 Å². The molecule has 0 spiro atoms. The topological polar surface area (TPSA) is 0 Å². The average Bonchev–Trinajstić information content (AvgIpc) is 2.17. The fourth-order valence-electron chi connectivity index (χ4n) is 1.42. The predicted octanol–water partition coefficient (Wildman–Crippen LogP) is 3.11. The number of hydrogen-bond donors (Lipinski definition) is 0. The molecule has 0 amide bonds. The van der Waals surface area contributed by atoms with Gasteiger partial charge in [-0.2, -0.15) is 0 Å². The van der Waals surface area contributed by atoms with E-state index in [0.717, 1.165) is 0 Å². The Morgan fingerprint density at radius 1 is 0.933 bits per heavy atom. The van der Waals surface area contributed by atoms with Gasteiger partial charge in [-0.1, -0.05) is 0 Å². The van der Waals surface area contributed by atoms with Crippen LogP contribution >= 0.6 is 0 Å². The van der Waals surface area contributed by atoms with Gasteiger partial charge in [0.05, 0.1) is 0 Å². The van der Waals surface area contributed by atoms with Gasteiger partial charge < -0.3 is 0 Å². The minimum atomic E-state index is -0.912. The molecule has 15 heavy (non-hydrogen) atoms. The Bertz CT molecular complexity index is 459. The molecule has 0 bridgehead atoms. The van der Waals surface area contributed by atoms with Crippen LogP contribution < -0.4 is 0 Å². The Morgan fingerprint density at radius 2 is 1.60 bits per heavy atom. The van der Waals surface area contributed by atoms with Crippen LogP contribution in [0.2, 0.25) is 0 Å². The van der Waals surface area contributed by atoms with E-state index in [2.05, 4.69) is 0 Å². The second-order valence-electron chi connectivity index (χ2n) is 3.11. The number of hydrogen-bond acceptors (Lipinski definition) is 0. The van der Waals surface area contributed by atoms with Crippen molar-refractivity contribution in [3.8, 4) is 11.0 Å². The van der Waals surface area contributed by atoms with Gasteiger partial charge in [-0.05, 0) is 0 Å². The van der Waals surface area contributed by atoms with Gasteiger partial charge in [0, 0.05) is 0 Å². The summed E-state index contributed by atoms with van der Waals surface area (Å²) in [6, 6.07) is 6.32. The van der Waals surface area contributed by atoms with E-state index >= 15 is 0 Å². The summed E-state index contributed by atoms with van der Waals surface area (Å²) in [6.45, 7) is 1.57. The van der Waals surface area contributed by atoms with Crippen molar-refractivity contribution < 1.29 is 13.2 Å². The molecule has 4 heteroatoms. The van der Waals surface area contributed by atoms with Crippen LogP contribution in [0.3, 0.4) is 0 Å². The Kier molecular flexibility index (Phi) is 2.58. The Hall–Kier alpha value is -1.58. The minimum absolute atomic E-state index is 0.197. The first-order chi connectivity index (χ1) is 7.18. The van der Waals surface area contributed by atoms with Gasteiger partial charge in [0.25, 0.3) is 0 Å². The van der Waals surface area contributed by atoms with Gasteiger partial charge in [0.2, 0.25) is 0 Å². The van der Waals surface area contributed by atoms with E-state index < -0.39 is 17.5 Å². The zero-order valence-electron chi connectivity index (χ0n) is 7.68. The molecule has 2 aromatic rings. The van der Waals surface area contributed by atoms with E-state index in [0.29, 0.717) is 17.6 Å². The van der Waals surface area contributed by atoms with Gasteiger partial charge in [-0.3, -0.25) is 0 Å². The summed E-state index contributed by atoms with van der Waals surface area (Å²) in [4.78, 5) is 0. The van der Waals surface area contributed by atoms with Crippen molar-refractivity contribution in [1.82, 2.24) is 0 Å². The molecule has 0 saturated heterocycles. The molecule has 0 N–H and O–H groups in total. The van der Waals surface area contributed by atoms with Crippen LogP contribution in [0.25, 0.3) is 11.0 Å². The molecule has 0 nitrogen and oxygen atoms in total. The van der Waals surface area contributed by atoms with Gasteiger partial charge in [0.15, 0.2) is 0 Å². The predicted molar refractivity (Wildman–Crippen MR) is 53.1 cm³/mol. The summed E-state index contributed by atoms with van der Waals surface area (Å²) in [6.07, 6.45) is 0. The molecule has 1 aromatic carbocycles. The van der Waals surface area contributed by atoms with E-state index in [9.17, 15) is 13.2 Å². The first-order valence-corrected chi connectivity index (χ1v) is 4.38. The molecule has 0 aliphatic heterocycles. The first-order valence-electron chi connectivity index (χ1n) is 4.38. The summed E-state index contributed by atoms with van der Waals surface area (Å²) in [5.74, 6) is -1.03. The Balaban J connectivity index is 2.64. The summed E-state index contributed by atoms with van der Waals surface area (Å²) in [5, 5.41) is 0. The van der Waals surface area contributed by atoms with Crippen LogP contribution in [0.5, 0.6) is 0 Å². The van der Waals surface area contributed by atoms with Crippen molar-refractivity contribution in [3.63, 3.8) is 0 Å². The molecular weight excluding hydrogens is 200 g/mol. The molecule has 0 fully saturated rings. The zero-order chi connectivity index (χ0) is 10.8. The van der Waals surface area contributed by atoms with Crippen molar-refractivity contribution in [2.75, 3.05) is 0 Å². The molecule has 0 atom stereocenters. The summed E-state index contributed by atoms with van der Waals surface area (Å²) in [7, 11) is 0. The number of benzene rings is 1. The van der Waals surface area contributed by atoms with Crippen molar-refractivity contribution in [1.29, 1.82) is 0 Å². The molecular formula is C11H6BF3. The second-order valence-corrected chi connectivity index (χ2v) is 3.11. The van der Waals surface area contributed by atoms with E-state index in [1.54, 1.807) is 31.1 Å². The normalized spacial score (nSPS) is 10.1. The van der Waals surface area contributed by atoms with Crippen LogP contribution in [-0.4, -0.2) is 6.91 Å². The van der Waals surface area contributed by atoms with E-state index in [-0.39, 0.29) is 5.56 Å². The number of rotatable bonds is 1. The molecule has 1 heterocycles. The molecule has 2 rings (SSSR count). The van der Waals surface area contributed by atoms with E-state index in [1.807, 2.05) is 0 Å². The van der Waals surface area contributed by atoms with Crippen molar-refractivity contribution in [3.05, 3.63) is 53.7 Å². The summed E-state index contributed by atoms with van der Waals surface area (Å²) < 4.78 is 39.3. The average molecular weight is 206 g/mol. The fraction of sp³-hybridized carbons (Fsp3) is 0. The van der Waals surface area contributed by atoms with Gasteiger partial charge >= 0.3 is 84.8 Å². The van der Waals surface area contributed by atoms with Crippen molar-refractivity contribution in [2.24, 2.45) is 0 Å². The Labute approximate surface area is 85.6 Å². The third-order valence-electron chi connectivity index (χ3n) is 2.07. The summed E-state index contributed by atoms with van der Waals surface area (Å²) >= 11 is 0. The van der Waals surface area contributed by atoms with Crippen LogP contribution in [0.1, 0.15) is 0 Å². The van der Waals surface area contributed by atoms with Crippen LogP contribution in [0.4, 0.5) is 13.2 Å². The van der Waals surface area contributed by atoms with Gasteiger partial charge in [-0.25, -0.2) is 0 Å². The zero-order valence-corrected chi connectivity index (χ0v) is 7.68. The molecule has 0 radical (unpaired) electrons. The first kappa shape index (κ1) is 9.96. The molecule has 0 aliphatic rings. The molecule has 74 valence electrons. The monoisotopic (exact) mass is 206 g/mol. The Morgan fingerprint density at radius 3 is 2.13 bits per heavy atom. The number of halogens is 3. The third-order valence-corrected chi connectivity index (χ3v) is 2.07. The molecule has 0 aliphatic carbocycles.